The SMILES string of the molecule is c1ccc(-c2nc(NCCCN3CCOCC3)cc(-c3cccnc3)n2)cc1. The summed E-state index contributed by atoms with van der Waals surface area (Å²) in [6.45, 7) is 5.67. The average Bonchev–Trinajstić information content (AvgIpc) is 2.78. The maximum absolute atomic E-state index is 5.41. The molecule has 28 heavy (non-hydrogen) atoms. The van der Waals surface area contributed by atoms with Crippen LogP contribution in [0.1, 0.15) is 6.42 Å². The summed E-state index contributed by atoms with van der Waals surface area (Å²) in [5.41, 5.74) is 2.86. The molecule has 2 aromatic heterocycles. The second-order valence-electron chi connectivity index (χ2n) is 6.80. The van der Waals surface area contributed by atoms with E-state index < -0.39 is 0 Å². The summed E-state index contributed by atoms with van der Waals surface area (Å²) >= 11 is 0. The molecule has 0 aliphatic carbocycles. The number of nitrogens with one attached hydrogen (secondary N) is 1. The lowest BCUT2D eigenvalue weighted by atomic mass is 10.1. The highest BCUT2D eigenvalue weighted by molar-refractivity contribution is 5.66. The highest BCUT2D eigenvalue weighted by atomic mass is 16.5. The molecule has 1 saturated heterocycles. The van der Waals surface area contributed by atoms with Crippen LogP contribution in [0.3, 0.4) is 0 Å². The van der Waals surface area contributed by atoms with Crippen LogP contribution in [-0.2, 0) is 4.74 Å². The van der Waals surface area contributed by atoms with Gasteiger partial charge in [0, 0.05) is 49.2 Å². The number of hydrogen-bond donors (Lipinski definition) is 1. The maximum atomic E-state index is 5.41. The summed E-state index contributed by atoms with van der Waals surface area (Å²) in [4.78, 5) is 16.2. The van der Waals surface area contributed by atoms with Gasteiger partial charge in [-0.05, 0) is 25.1 Å². The summed E-state index contributed by atoms with van der Waals surface area (Å²) in [5.74, 6) is 1.56. The number of nitrogens with zero attached hydrogens (tertiary/aromatic N) is 4. The molecule has 1 aliphatic heterocycles. The molecule has 6 heteroatoms. The number of rotatable bonds is 7. The van der Waals surface area contributed by atoms with Crippen molar-refractivity contribution in [3.63, 3.8) is 0 Å². The Balaban J connectivity index is 1.49. The highest BCUT2D eigenvalue weighted by Crippen LogP contribution is 2.23. The Labute approximate surface area is 165 Å². The number of anilines is 1. The first-order chi connectivity index (χ1) is 13.9. The van der Waals surface area contributed by atoms with Crippen LogP contribution in [0.4, 0.5) is 5.82 Å². The van der Waals surface area contributed by atoms with Gasteiger partial charge in [-0.25, -0.2) is 9.97 Å². The monoisotopic (exact) mass is 375 g/mol. The summed E-state index contributed by atoms with van der Waals surface area (Å²) < 4.78 is 5.41. The maximum Gasteiger partial charge on any atom is 0.162 e. The molecule has 0 unspecified atom stereocenters. The van der Waals surface area contributed by atoms with Crippen LogP contribution in [0.15, 0.2) is 60.9 Å². The van der Waals surface area contributed by atoms with Gasteiger partial charge < -0.3 is 10.1 Å². The average molecular weight is 375 g/mol. The van der Waals surface area contributed by atoms with Gasteiger partial charge in [0.25, 0.3) is 0 Å². The summed E-state index contributed by atoms with van der Waals surface area (Å²) in [6, 6.07) is 16.0. The van der Waals surface area contributed by atoms with Gasteiger partial charge in [-0.15, -0.1) is 0 Å². The first-order valence-electron chi connectivity index (χ1n) is 9.77. The molecule has 4 rings (SSSR count). The van der Waals surface area contributed by atoms with Gasteiger partial charge in [0.15, 0.2) is 5.82 Å². The molecule has 6 nitrogen and oxygen atoms in total. The van der Waals surface area contributed by atoms with Crippen LogP contribution < -0.4 is 5.32 Å². The summed E-state index contributed by atoms with van der Waals surface area (Å²) in [5, 5.41) is 3.48. The Bertz CT molecular complexity index is 809. The minimum absolute atomic E-state index is 0.720. The Hall–Kier alpha value is -2.83. The van der Waals surface area contributed by atoms with Gasteiger partial charge in [-0.3, -0.25) is 9.88 Å². The van der Waals surface area contributed by atoms with E-state index in [1.807, 2.05) is 54.7 Å². The van der Waals surface area contributed by atoms with Crippen LogP contribution in [0.2, 0.25) is 0 Å². The summed E-state index contributed by atoms with van der Waals surface area (Å²) in [7, 11) is 0. The number of morpholine rings is 1. The van der Waals surface area contributed by atoms with Gasteiger partial charge >= 0.3 is 0 Å². The standard InChI is InChI=1S/C22H25N5O/c1-2-6-18(7-3-1)22-25-20(19-8-4-9-23-17-19)16-21(26-22)24-10-5-11-27-12-14-28-15-13-27/h1-4,6-9,16-17H,5,10-15H2,(H,24,25,26). The molecule has 0 spiro atoms. The normalized spacial score (nSPS) is 14.7. The molecule has 0 atom stereocenters. The van der Waals surface area contributed by atoms with E-state index in [1.54, 1.807) is 6.20 Å². The largest absolute Gasteiger partial charge is 0.379 e. The quantitative estimate of drug-likeness (QED) is 0.639. The van der Waals surface area contributed by atoms with E-state index in [9.17, 15) is 0 Å². The van der Waals surface area contributed by atoms with E-state index in [-0.39, 0.29) is 0 Å². The van der Waals surface area contributed by atoms with Crippen molar-refractivity contribution in [2.75, 3.05) is 44.7 Å². The first-order valence-corrected chi connectivity index (χ1v) is 9.77. The fraction of sp³-hybridized carbons (Fsp3) is 0.318. The van der Waals surface area contributed by atoms with Crippen molar-refractivity contribution in [2.24, 2.45) is 0 Å². The van der Waals surface area contributed by atoms with Crippen LogP contribution in [-0.4, -0.2) is 59.2 Å². The molecule has 1 N–H and O–H groups in total. The van der Waals surface area contributed by atoms with Gasteiger partial charge in [0.1, 0.15) is 5.82 Å². The second kappa shape index (κ2) is 9.39. The van der Waals surface area contributed by atoms with E-state index in [4.69, 9.17) is 14.7 Å². The smallest absolute Gasteiger partial charge is 0.162 e. The first kappa shape index (κ1) is 18.5. The van der Waals surface area contributed by atoms with Crippen molar-refractivity contribution in [1.82, 2.24) is 19.9 Å². The second-order valence-corrected chi connectivity index (χ2v) is 6.80. The molecular weight excluding hydrogens is 350 g/mol. The molecular formula is C22H25N5O. The van der Waals surface area contributed by atoms with Crippen LogP contribution in [0, 0.1) is 0 Å². The molecule has 1 fully saturated rings. The van der Waals surface area contributed by atoms with Crippen molar-refractivity contribution in [2.45, 2.75) is 6.42 Å². The minimum Gasteiger partial charge on any atom is -0.379 e. The van der Waals surface area contributed by atoms with E-state index in [2.05, 4.69) is 15.2 Å². The number of hydrogen-bond acceptors (Lipinski definition) is 6. The molecule has 0 radical (unpaired) electrons. The fourth-order valence-electron chi connectivity index (χ4n) is 3.26. The molecule has 1 aromatic carbocycles. The van der Waals surface area contributed by atoms with E-state index in [0.717, 1.165) is 74.3 Å². The van der Waals surface area contributed by atoms with Crippen LogP contribution in [0.5, 0.6) is 0 Å². The van der Waals surface area contributed by atoms with Crippen molar-refractivity contribution < 1.29 is 4.74 Å². The van der Waals surface area contributed by atoms with Crippen molar-refractivity contribution >= 4 is 5.82 Å². The molecule has 144 valence electrons. The van der Waals surface area contributed by atoms with Crippen LogP contribution in [0.25, 0.3) is 22.6 Å². The predicted molar refractivity (Wildman–Crippen MR) is 111 cm³/mol. The third-order valence-electron chi connectivity index (χ3n) is 4.78. The molecule has 1 aliphatic rings. The Morgan fingerprint density at radius 3 is 2.57 bits per heavy atom. The predicted octanol–water partition coefficient (Wildman–Crippen LogP) is 3.34. The van der Waals surface area contributed by atoms with Gasteiger partial charge in [0.2, 0.25) is 0 Å². The van der Waals surface area contributed by atoms with Crippen molar-refractivity contribution in [3.8, 4) is 22.6 Å². The molecule has 0 bridgehead atoms. The van der Waals surface area contributed by atoms with Gasteiger partial charge in [-0.1, -0.05) is 30.3 Å². The molecule has 0 saturated carbocycles. The lowest BCUT2D eigenvalue weighted by molar-refractivity contribution is 0.0378. The lowest BCUT2D eigenvalue weighted by Gasteiger charge is -2.26. The Morgan fingerprint density at radius 1 is 0.964 bits per heavy atom. The van der Waals surface area contributed by atoms with Crippen molar-refractivity contribution in [3.05, 3.63) is 60.9 Å². The number of pyridine rings is 1. The van der Waals surface area contributed by atoms with Gasteiger partial charge in [-0.2, -0.15) is 0 Å². The molecule has 3 aromatic rings. The number of benzene rings is 1. The van der Waals surface area contributed by atoms with Gasteiger partial charge in [0.05, 0.1) is 18.9 Å². The topological polar surface area (TPSA) is 63.2 Å². The van der Waals surface area contributed by atoms with E-state index in [0.29, 0.717) is 0 Å². The molecule has 3 heterocycles. The fourth-order valence-corrected chi connectivity index (χ4v) is 3.26. The Kier molecular flexibility index (Phi) is 6.22. The Morgan fingerprint density at radius 2 is 1.79 bits per heavy atom. The zero-order chi connectivity index (χ0) is 19.0. The number of ether oxygens (including phenoxy) is 1. The highest BCUT2D eigenvalue weighted by Gasteiger charge is 2.11. The third kappa shape index (κ3) is 4.91. The van der Waals surface area contributed by atoms with Crippen molar-refractivity contribution in [1.29, 1.82) is 0 Å². The lowest BCUT2D eigenvalue weighted by Crippen LogP contribution is -2.37. The van der Waals surface area contributed by atoms with Crippen LogP contribution >= 0.6 is 0 Å². The van der Waals surface area contributed by atoms with E-state index in [1.165, 1.54) is 0 Å². The molecule has 0 amide bonds. The third-order valence-corrected chi connectivity index (χ3v) is 4.78. The zero-order valence-electron chi connectivity index (χ0n) is 15.9. The minimum atomic E-state index is 0.720. The number of aromatic nitrogens is 3. The zero-order valence-corrected chi connectivity index (χ0v) is 15.9. The van der Waals surface area contributed by atoms with E-state index >= 15 is 0 Å². The summed E-state index contributed by atoms with van der Waals surface area (Å²) in [6.07, 6.45) is 4.67.